The summed E-state index contributed by atoms with van der Waals surface area (Å²) < 4.78 is 32.4. The predicted octanol–water partition coefficient (Wildman–Crippen LogP) is 5.47. The molecule has 5 aromatic rings. The van der Waals surface area contributed by atoms with Crippen molar-refractivity contribution in [1.82, 2.24) is 19.9 Å². The first-order valence-electron chi connectivity index (χ1n) is 15.6. The Labute approximate surface area is 280 Å². The number of benzene rings is 3. The second-order valence-electron chi connectivity index (χ2n) is 11.7. The Hall–Kier alpha value is -5.27. The largest absolute Gasteiger partial charge is 0.494 e. The van der Waals surface area contributed by atoms with E-state index in [0.29, 0.717) is 51.2 Å². The number of aromatic nitrogens is 4. The molecule has 48 heavy (non-hydrogen) atoms. The highest BCUT2D eigenvalue weighted by Crippen LogP contribution is 2.39. The lowest BCUT2D eigenvalue weighted by Crippen LogP contribution is -2.40. The van der Waals surface area contributed by atoms with E-state index in [1.807, 2.05) is 18.2 Å². The fraction of sp³-hybridized carbons (Fsp3) is 0.257. The van der Waals surface area contributed by atoms with Crippen LogP contribution in [0.3, 0.4) is 0 Å². The third-order valence-corrected chi connectivity index (χ3v) is 9.66. The number of nitrogens with zero attached hydrogens (tertiary/aromatic N) is 6. The zero-order valence-electron chi connectivity index (χ0n) is 27.2. The summed E-state index contributed by atoms with van der Waals surface area (Å²) in [5.74, 6) is 1.37. The van der Waals surface area contributed by atoms with Gasteiger partial charge in [-0.3, -0.25) is 14.3 Å². The lowest BCUT2D eigenvalue weighted by molar-refractivity contribution is 0.416. The monoisotopic (exact) mass is 665 g/mol. The summed E-state index contributed by atoms with van der Waals surface area (Å²) in [4.78, 5) is 20.5. The van der Waals surface area contributed by atoms with Gasteiger partial charge in [-0.25, -0.2) is 13.4 Å². The van der Waals surface area contributed by atoms with Crippen LogP contribution in [0.1, 0.15) is 29.5 Å². The van der Waals surface area contributed by atoms with Gasteiger partial charge in [0.1, 0.15) is 22.8 Å². The predicted molar refractivity (Wildman–Crippen MR) is 193 cm³/mol. The molecule has 0 spiro atoms. The molecule has 0 saturated carbocycles. The van der Waals surface area contributed by atoms with E-state index in [0.717, 1.165) is 49.9 Å². The number of nitrogens with one attached hydrogen (secondary N) is 2. The lowest BCUT2D eigenvalue weighted by atomic mass is 9.99. The number of ether oxygens (including phenoxy) is 1. The molecule has 248 valence electrons. The van der Waals surface area contributed by atoms with Gasteiger partial charge in [0.2, 0.25) is 16.0 Å². The summed E-state index contributed by atoms with van der Waals surface area (Å²) in [5, 5.41) is 6.67. The summed E-state index contributed by atoms with van der Waals surface area (Å²) in [7, 11) is -0.517. The van der Waals surface area contributed by atoms with E-state index in [-0.39, 0.29) is 6.04 Å². The van der Waals surface area contributed by atoms with Gasteiger partial charge < -0.3 is 26.0 Å². The molecule has 1 aliphatic heterocycles. The second kappa shape index (κ2) is 13.8. The molecule has 0 radical (unpaired) electrons. The molecule has 2 aromatic heterocycles. The highest BCUT2D eigenvalue weighted by molar-refractivity contribution is 7.92. The van der Waals surface area contributed by atoms with E-state index in [9.17, 15) is 8.42 Å². The minimum absolute atomic E-state index is 0.213. The van der Waals surface area contributed by atoms with Crippen molar-refractivity contribution in [2.45, 2.75) is 25.3 Å². The van der Waals surface area contributed by atoms with Crippen LogP contribution in [0.2, 0.25) is 0 Å². The zero-order chi connectivity index (χ0) is 33.8. The van der Waals surface area contributed by atoms with Gasteiger partial charge in [0.05, 0.1) is 30.3 Å². The molecule has 3 heterocycles. The Morgan fingerprint density at radius 1 is 1.04 bits per heavy atom. The Bertz CT molecular complexity index is 2050. The molecular weight excluding hydrogens is 627 g/mol. The number of hydrogen-bond donors (Lipinski definition) is 3. The number of methoxy groups -OCH3 is 1. The maximum Gasteiger partial charge on any atom is 0.232 e. The van der Waals surface area contributed by atoms with Crippen LogP contribution < -0.4 is 30.3 Å². The van der Waals surface area contributed by atoms with E-state index < -0.39 is 10.0 Å². The Morgan fingerprint density at radius 2 is 1.79 bits per heavy atom. The standard InChI is InChI=1S/C35H39N9O3S/c1-5-24-22-39-35(42-34(24)40-28-12-11-27-32(38-16-15-37-27)33(28)43(2)48(4,45)46)41-29-20-25(19-23-9-7-6-8-10-23)30(21-31(29)47-3)44-17-13-26(36)14-18-44/h5-12,15-16,20-22,26H,1,13-14,17-19,36H2,2-4H3,(H2,39,40,41,42). The third kappa shape index (κ3) is 7.02. The van der Waals surface area contributed by atoms with Crippen molar-refractivity contribution in [3.05, 3.63) is 96.5 Å². The Kier molecular flexibility index (Phi) is 9.42. The van der Waals surface area contributed by atoms with E-state index >= 15 is 0 Å². The molecule has 3 aromatic carbocycles. The number of sulfonamides is 1. The summed E-state index contributed by atoms with van der Waals surface area (Å²) in [6.45, 7) is 5.67. The Morgan fingerprint density at radius 3 is 2.50 bits per heavy atom. The van der Waals surface area contributed by atoms with Gasteiger partial charge in [-0.05, 0) is 48.6 Å². The summed E-state index contributed by atoms with van der Waals surface area (Å²) in [6, 6.07) is 18.2. The Balaban J connectivity index is 1.38. The molecule has 1 aliphatic rings. The van der Waals surface area contributed by atoms with Gasteiger partial charge in [0.25, 0.3) is 0 Å². The van der Waals surface area contributed by atoms with Gasteiger partial charge in [-0.1, -0.05) is 43.0 Å². The van der Waals surface area contributed by atoms with E-state index in [1.54, 1.807) is 37.7 Å². The number of hydrogen-bond acceptors (Lipinski definition) is 11. The van der Waals surface area contributed by atoms with Crippen LogP contribution in [0.25, 0.3) is 17.1 Å². The van der Waals surface area contributed by atoms with E-state index in [4.69, 9.17) is 15.5 Å². The van der Waals surface area contributed by atoms with Crippen LogP contribution in [0.5, 0.6) is 5.75 Å². The number of rotatable bonds is 11. The first kappa shape index (κ1) is 32.7. The van der Waals surface area contributed by atoms with Gasteiger partial charge in [-0.2, -0.15) is 4.98 Å². The molecule has 13 heteroatoms. The fourth-order valence-corrected chi connectivity index (χ4v) is 6.35. The number of nitrogens with two attached hydrogens (primary N) is 1. The molecule has 6 rings (SSSR count). The van der Waals surface area contributed by atoms with Gasteiger partial charge in [0, 0.05) is 62.1 Å². The lowest BCUT2D eigenvalue weighted by Gasteiger charge is -2.34. The smallest absolute Gasteiger partial charge is 0.232 e. The van der Waals surface area contributed by atoms with Crippen LogP contribution in [-0.4, -0.2) is 67.9 Å². The van der Waals surface area contributed by atoms with Crippen LogP contribution in [-0.2, 0) is 16.4 Å². The van der Waals surface area contributed by atoms with Crippen molar-refractivity contribution in [3.8, 4) is 5.75 Å². The normalized spacial score (nSPS) is 13.7. The minimum atomic E-state index is -3.64. The minimum Gasteiger partial charge on any atom is -0.494 e. The number of piperidine rings is 1. The van der Waals surface area contributed by atoms with Gasteiger partial charge in [0.15, 0.2) is 0 Å². The van der Waals surface area contributed by atoms with E-state index in [1.165, 1.54) is 23.1 Å². The van der Waals surface area contributed by atoms with Crippen LogP contribution in [0, 0.1) is 0 Å². The second-order valence-corrected chi connectivity index (χ2v) is 13.7. The van der Waals surface area contributed by atoms with Crippen molar-refractivity contribution in [2.75, 3.05) is 53.3 Å². The summed E-state index contributed by atoms with van der Waals surface area (Å²) in [5.41, 5.74) is 12.8. The van der Waals surface area contributed by atoms with Crippen molar-refractivity contribution in [1.29, 1.82) is 0 Å². The van der Waals surface area contributed by atoms with Crippen molar-refractivity contribution >= 4 is 61.6 Å². The zero-order valence-corrected chi connectivity index (χ0v) is 28.0. The fourth-order valence-electron chi connectivity index (χ4n) is 5.83. The van der Waals surface area contributed by atoms with Crippen molar-refractivity contribution in [2.24, 2.45) is 5.73 Å². The topological polar surface area (TPSA) is 151 Å². The first-order valence-corrected chi connectivity index (χ1v) is 17.5. The molecule has 0 atom stereocenters. The highest BCUT2D eigenvalue weighted by atomic mass is 32.2. The van der Waals surface area contributed by atoms with Crippen LogP contribution in [0.4, 0.5) is 34.5 Å². The average molecular weight is 666 g/mol. The first-order chi connectivity index (χ1) is 23.1. The van der Waals surface area contributed by atoms with Crippen molar-refractivity contribution < 1.29 is 13.2 Å². The summed E-state index contributed by atoms with van der Waals surface area (Å²) >= 11 is 0. The van der Waals surface area contributed by atoms with Crippen molar-refractivity contribution in [3.63, 3.8) is 0 Å². The molecule has 0 unspecified atom stereocenters. The molecule has 1 saturated heterocycles. The molecule has 0 bridgehead atoms. The summed E-state index contributed by atoms with van der Waals surface area (Å²) in [6.07, 6.45) is 10.1. The van der Waals surface area contributed by atoms with Gasteiger partial charge >= 0.3 is 0 Å². The molecule has 0 aliphatic carbocycles. The average Bonchev–Trinajstić information content (AvgIpc) is 3.09. The molecule has 12 nitrogen and oxygen atoms in total. The molecular formula is C35H39N9O3S. The quantitative estimate of drug-likeness (QED) is 0.165. The SMILES string of the molecule is C=Cc1cnc(Nc2cc(Cc3ccccc3)c(N3CCC(N)CC3)cc2OC)nc1Nc1ccc2nccnc2c1N(C)S(C)(=O)=O. The highest BCUT2D eigenvalue weighted by Gasteiger charge is 2.23. The molecule has 1 fully saturated rings. The van der Waals surface area contributed by atoms with Crippen LogP contribution in [0.15, 0.2) is 79.8 Å². The number of fused-ring (bicyclic) bond motifs is 1. The maximum atomic E-state index is 12.7. The van der Waals surface area contributed by atoms with Crippen LogP contribution >= 0.6 is 0 Å². The third-order valence-electron chi connectivity index (χ3n) is 8.48. The molecule has 0 amide bonds. The number of anilines is 6. The molecule has 4 N–H and O–H groups in total. The van der Waals surface area contributed by atoms with Gasteiger partial charge in [-0.15, -0.1) is 0 Å². The van der Waals surface area contributed by atoms with E-state index in [2.05, 4.69) is 61.3 Å². The maximum absolute atomic E-state index is 12.7.